The normalized spacial score (nSPS) is 17.6. The van der Waals surface area contributed by atoms with E-state index in [4.69, 9.17) is 19.9 Å². The van der Waals surface area contributed by atoms with E-state index in [-0.39, 0.29) is 18.9 Å². The van der Waals surface area contributed by atoms with Gasteiger partial charge in [0.05, 0.1) is 11.4 Å². The topological polar surface area (TPSA) is 118 Å². The van der Waals surface area contributed by atoms with Crippen LogP contribution in [0.1, 0.15) is 32.8 Å². The van der Waals surface area contributed by atoms with Gasteiger partial charge in [-0.25, -0.2) is 4.79 Å². The number of nitrogens with zero attached hydrogens (tertiary/aromatic N) is 5. The van der Waals surface area contributed by atoms with Crippen molar-refractivity contribution in [3.8, 4) is 17.0 Å². The molecule has 2 aliphatic rings. The van der Waals surface area contributed by atoms with Gasteiger partial charge in [0.1, 0.15) is 11.4 Å². The zero-order valence-corrected chi connectivity index (χ0v) is 25.6. The minimum atomic E-state index is -0.481. The lowest BCUT2D eigenvalue weighted by molar-refractivity contribution is 0.0293. The molecule has 1 amide bonds. The highest BCUT2D eigenvalue weighted by Crippen LogP contribution is 2.32. The summed E-state index contributed by atoms with van der Waals surface area (Å²) in [5, 5.41) is 12.2. The number of methoxy groups -OCH3 is 1. The molecule has 3 heterocycles. The van der Waals surface area contributed by atoms with E-state index in [1.807, 2.05) is 51.1 Å². The average molecular weight is 590 g/mol. The van der Waals surface area contributed by atoms with Gasteiger partial charge in [-0.3, -0.25) is 4.90 Å². The molecule has 1 aromatic heterocycles. The Labute approximate surface area is 253 Å². The van der Waals surface area contributed by atoms with Gasteiger partial charge in [0.15, 0.2) is 12.6 Å². The molecule has 3 aromatic rings. The largest absolute Gasteiger partial charge is 0.467 e. The monoisotopic (exact) mass is 589 g/mol. The van der Waals surface area contributed by atoms with E-state index in [1.54, 1.807) is 12.0 Å². The van der Waals surface area contributed by atoms with Crippen molar-refractivity contribution in [3.63, 3.8) is 0 Å². The molecule has 0 radical (unpaired) electrons. The maximum absolute atomic E-state index is 12.4. The second-order valence-electron chi connectivity index (χ2n) is 12.1. The molecule has 1 atom stereocenters. The van der Waals surface area contributed by atoms with Gasteiger partial charge in [-0.1, -0.05) is 24.3 Å². The summed E-state index contributed by atoms with van der Waals surface area (Å²) in [5.74, 6) is 1.11. The maximum Gasteiger partial charge on any atom is 0.410 e. The highest BCUT2D eigenvalue weighted by molar-refractivity contribution is 5.74. The molecular formula is C32H43N7O4. The van der Waals surface area contributed by atoms with Crippen molar-refractivity contribution in [2.45, 2.75) is 45.4 Å². The molecule has 0 saturated carbocycles. The summed E-state index contributed by atoms with van der Waals surface area (Å²) in [4.78, 5) is 18.9. The zero-order valence-electron chi connectivity index (χ0n) is 25.6. The first-order valence-corrected chi connectivity index (χ1v) is 14.8. The number of piperazine rings is 1. The molecule has 0 aliphatic carbocycles. The minimum absolute atomic E-state index is 0.155. The number of carbonyl (C=O) groups excluding carboxylic acids is 1. The number of rotatable bonds is 9. The molecule has 0 spiro atoms. The lowest BCUT2D eigenvalue weighted by Gasteiger charge is -2.36. The fourth-order valence-corrected chi connectivity index (χ4v) is 5.42. The first-order chi connectivity index (χ1) is 20.7. The molecule has 0 bridgehead atoms. The Balaban J connectivity index is 1.12. The van der Waals surface area contributed by atoms with Crippen LogP contribution in [0.3, 0.4) is 0 Å². The molecule has 2 fully saturated rings. The zero-order chi connectivity index (χ0) is 30.4. The van der Waals surface area contributed by atoms with Crippen LogP contribution in [0.5, 0.6) is 5.75 Å². The van der Waals surface area contributed by atoms with Crippen LogP contribution in [0, 0.1) is 0 Å². The third-order valence-electron chi connectivity index (χ3n) is 7.58. The molecule has 230 valence electrons. The summed E-state index contributed by atoms with van der Waals surface area (Å²) >= 11 is 0. The molecule has 43 heavy (non-hydrogen) atoms. The van der Waals surface area contributed by atoms with Crippen molar-refractivity contribution >= 4 is 23.3 Å². The predicted molar refractivity (Wildman–Crippen MR) is 168 cm³/mol. The van der Waals surface area contributed by atoms with E-state index in [0.29, 0.717) is 30.4 Å². The van der Waals surface area contributed by atoms with E-state index in [1.165, 1.54) is 5.56 Å². The fourth-order valence-electron chi connectivity index (χ4n) is 5.42. The van der Waals surface area contributed by atoms with Crippen molar-refractivity contribution in [1.29, 1.82) is 0 Å². The van der Waals surface area contributed by atoms with E-state index >= 15 is 0 Å². The standard InChI is InChI=1S/C32H43N7O4/c1-32(2,3)43-31(40)39-14-13-25(21-39)34-24-11-9-23(10-12-24)20-37-15-17-38(18-16-37)28-19-27(35-36-30(28)33)26-7-5-6-8-29(26)42-22-41-4/h5-12,19,25,34H,13-18,20-22H2,1-4H3,(H2,33,36). The molecule has 11 nitrogen and oxygen atoms in total. The van der Waals surface area contributed by atoms with Crippen molar-refractivity contribution < 1.29 is 19.0 Å². The number of likely N-dealkylation sites (tertiary alicyclic amines) is 1. The summed E-state index contributed by atoms with van der Waals surface area (Å²) in [6, 6.07) is 18.5. The smallest absolute Gasteiger partial charge is 0.410 e. The van der Waals surface area contributed by atoms with Crippen LogP contribution < -0.4 is 20.7 Å². The molecule has 5 rings (SSSR count). The first-order valence-electron chi connectivity index (χ1n) is 14.8. The number of anilines is 3. The Morgan fingerprint density at radius 3 is 2.49 bits per heavy atom. The Hall–Kier alpha value is -4.09. The van der Waals surface area contributed by atoms with Crippen LogP contribution in [0.2, 0.25) is 0 Å². The molecule has 3 N–H and O–H groups in total. The molecule has 11 heteroatoms. The van der Waals surface area contributed by atoms with Crippen molar-refractivity contribution in [2.75, 3.05) is 69.1 Å². The summed E-state index contributed by atoms with van der Waals surface area (Å²) in [5.41, 5.74) is 10.6. The number of carbonyl (C=O) groups is 1. The third kappa shape index (κ3) is 8.05. The van der Waals surface area contributed by atoms with Gasteiger partial charge >= 0.3 is 6.09 Å². The number of benzene rings is 2. The molecule has 2 aliphatic heterocycles. The van der Waals surface area contributed by atoms with E-state index < -0.39 is 5.60 Å². The molecule has 2 saturated heterocycles. The minimum Gasteiger partial charge on any atom is -0.467 e. The highest BCUT2D eigenvalue weighted by Gasteiger charge is 2.29. The number of hydrogen-bond acceptors (Lipinski definition) is 10. The number of nitrogens with two attached hydrogens (primary N) is 1. The van der Waals surface area contributed by atoms with Gasteiger partial charge in [0, 0.05) is 70.2 Å². The van der Waals surface area contributed by atoms with Gasteiger partial charge in [-0.05, 0) is 63.1 Å². The van der Waals surface area contributed by atoms with Gasteiger partial charge in [-0.2, -0.15) is 0 Å². The Kier molecular flexibility index (Phi) is 9.52. The van der Waals surface area contributed by atoms with Crippen LogP contribution in [0.15, 0.2) is 54.6 Å². The summed E-state index contributed by atoms with van der Waals surface area (Å²) in [6.07, 6.45) is 0.659. The van der Waals surface area contributed by atoms with Gasteiger partial charge in [-0.15, -0.1) is 10.2 Å². The summed E-state index contributed by atoms with van der Waals surface area (Å²) in [6.45, 7) is 11.6. The maximum atomic E-state index is 12.4. The quantitative estimate of drug-likeness (QED) is 0.347. The van der Waals surface area contributed by atoms with Crippen molar-refractivity contribution in [1.82, 2.24) is 20.0 Å². The summed E-state index contributed by atoms with van der Waals surface area (Å²) in [7, 11) is 1.59. The van der Waals surface area contributed by atoms with Crippen LogP contribution in [0.25, 0.3) is 11.3 Å². The van der Waals surface area contributed by atoms with E-state index in [9.17, 15) is 4.79 Å². The van der Waals surface area contributed by atoms with Crippen LogP contribution in [-0.4, -0.2) is 90.9 Å². The van der Waals surface area contributed by atoms with Gasteiger partial charge < -0.3 is 35.1 Å². The molecule has 1 unspecified atom stereocenters. The van der Waals surface area contributed by atoms with Crippen LogP contribution >= 0.6 is 0 Å². The Bertz CT molecular complexity index is 1370. The number of hydrogen-bond donors (Lipinski definition) is 2. The fraction of sp³-hybridized carbons (Fsp3) is 0.469. The Morgan fingerprint density at radius 1 is 1.02 bits per heavy atom. The summed E-state index contributed by atoms with van der Waals surface area (Å²) < 4.78 is 16.3. The number of amides is 1. The van der Waals surface area contributed by atoms with Crippen LogP contribution in [0.4, 0.5) is 22.0 Å². The van der Waals surface area contributed by atoms with Crippen LogP contribution in [-0.2, 0) is 16.0 Å². The average Bonchev–Trinajstić information content (AvgIpc) is 3.46. The van der Waals surface area contributed by atoms with Crippen molar-refractivity contribution in [2.24, 2.45) is 0 Å². The van der Waals surface area contributed by atoms with Gasteiger partial charge in [0.2, 0.25) is 0 Å². The lowest BCUT2D eigenvalue weighted by Crippen LogP contribution is -2.46. The van der Waals surface area contributed by atoms with Crippen molar-refractivity contribution in [3.05, 3.63) is 60.2 Å². The van der Waals surface area contributed by atoms with Gasteiger partial charge in [0.25, 0.3) is 0 Å². The number of nitrogen functional groups attached to an aromatic ring is 1. The SMILES string of the molecule is COCOc1ccccc1-c1cc(N2CCN(Cc3ccc(NC4CCN(C(=O)OC(C)(C)C)C4)cc3)CC2)c(N)nn1. The number of para-hydroxylation sites is 1. The number of aromatic nitrogens is 2. The number of ether oxygens (including phenoxy) is 3. The van der Waals surface area contributed by atoms with E-state index in [0.717, 1.165) is 56.1 Å². The second kappa shape index (κ2) is 13.5. The molecular weight excluding hydrogens is 546 g/mol. The van der Waals surface area contributed by atoms with E-state index in [2.05, 4.69) is 49.6 Å². The second-order valence-corrected chi connectivity index (χ2v) is 12.1. The molecule has 2 aromatic carbocycles. The predicted octanol–water partition coefficient (Wildman–Crippen LogP) is 4.45. The highest BCUT2D eigenvalue weighted by atomic mass is 16.7. The third-order valence-corrected chi connectivity index (χ3v) is 7.58. The number of nitrogens with one attached hydrogen (secondary N) is 1. The first kappa shape index (κ1) is 30.4. The Morgan fingerprint density at radius 2 is 1.77 bits per heavy atom. The lowest BCUT2D eigenvalue weighted by atomic mass is 10.1.